The summed E-state index contributed by atoms with van der Waals surface area (Å²) >= 11 is 0. The fourth-order valence-electron chi connectivity index (χ4n) is 9.03. The molecule has 4 heteroatoms. The van der Waals surface area contributed by atoms with Crippen LogP contribution in [-0.2, 0) is 4.79 Å². The number of aliphatic hydroxyl groups is 2. The third-order valence-electron chi connectivity index (χ3n) is 13.5. The number of hydrogen-bond acceptors (Lipinski definition) is 3. The van der Waals surface area contributed by atoms with Gasteiger partial charge in [-0.1, -0.05) is 287 Å². The Kier molecular flexibility index (Phi) is 55.2. The highest BCUT2D eigenvalue weighted by Gasteiger charge is 2.18. The van der Waals surface area contributed by atoms with E-state index in [0.29, 0.717) is 6.42 Å². The molecule has 65 heavy (non-hydrogen) atoms. The second kappa shape index (κ2) is 56.7. The third-order valence-corrected chi connectivity index (χ3v) is 13.5. The Morgan fingerprint density at radius 3 is 0.892 bits per heavy atom. The molecule has 1 amide bonds. The normalized spacial score (nSPS) is 13.1. The van der Waals surface area contributed by atoms with Gasteiger partial charge in [0.2, 0.25) is 5.91 Å². The number of carbonyl (C=O) groups excluding carboxylic acids is 1. The van der Waals surface area contributed by atoms with Crippen LogP contribution in [0.1, 0.15) is 316 Å². The van der Waals surface area contributed by atoms with Crippen molar-refractivity contribution >= 4 is 5.91 Å². The quantitative estimate of drug-likeness (QED) is 0.0421. The first-order valence-corrected chi connectivity index (χ1v) is 29.4. The highest BCUT2D eigenvalue weighted by molar-refractivity contribution is 5.76. The van der Waals surface area contributed by atoms with Crippen molar-refractivity contribution in [3.8, 4) is 0 Å². The summed E-state index contributed by atoms with van der Waals surface area (Å²) in [5.74, 6) is -0.0746. The maximum absolute atomic E-state index is 12.5. The van der Waals surface area contributed by atoms with Crippen LogP contribution in [0.15, 0.2) is 48.6 Å². The number of aliphatic hydroxyl groups excluding tert-OH is 2. The van der Waals surface area contributed by atoms with Crippen LogP contribution in [0.4, 0.5) is 0 Å². The molecular weight excluding hydrogens is 795 g/mol. The Labute approximate surface area is 407 Å². The molecule has 0 aromatic rings. The zero-order valence-electron chi connectivity index (χ0n) is 44.0. The molecular formula is C61H115NO3. The van der Waals surface area contributed by atoms with Gasteiger partial charge in [0, 0.05) is 6.42 Å². The molecule has 0 saturated carbocycles. The number of nitrogens with one attached hydrogen (secondary N) is 1. The SMILES string of the molecule is CCCCCCCCCC/C=C\CCCCCCCCCCCCCCCC(=O)NC(CO)C(O)/C=C/CC/C=C/CC/C=C/CCCCCCCCCCCCCCCCCCCC. The van der Waals surface area contributed by atoms with Gasteiger partial charge in [-0.3, -0.25) is 4.79 Å². The van der Waals surface area contributed by atoms with Crippen LogP contribution in [-0.4, -0.2) is 34.9 Å². The molecule has 0 saturated heterocycles. The second-order valence-corrected chi connectivity index (χ2v) is 20.0. The lowest BCUT2D eigenvalue weighted by Crippen LogP contribution is -2.45. The van der Waals surface area contributed by atoms with E-state index < -0.39 is 12.1 Å². The van der Waals surface area contributed by atoms with Crippen molar-refractivity contribution in [2.75, 3.05) is 6.61 Å². The summed E-state index contributed by atoms with van der Waals surface area (Å²) in [5, 5.41) is 23.2. The van der Waals surface area contributed by atoms with Crippen molar-refractivity contribution in [2.24, 2.45) is 0 Å². The van der Waals surface area contributed by atoms with Crippen LogP contribution in [0, 0.1) is 0 Å². The molecule has 0 bridgehead atoms. The van der Waals surface area contributed by atoms with E-state index in [-0.39, 0.29) is 12.5 Å². The molecule has 0 aromatic heterocycles. The largest absolute Gasteiger partial charge is 0.394 e. The zero-order chi connectivity index (χ0) is 47.0. The molecule has 3 N–H and O–H groups in total. The highest BCUT2D eigenvalue weighted by Crippen LogP contribution is 2.17. The average molecular weight is 911 g/mol. The highest BCUT2D eigenvalue weighted by atomic mass is 16.3. The minimum absolute atomic E-state index is 0.0746. The van der Waals surface area contributed by atoms with Gasteiger partial charge >= 0.3 is 0 Å². The lowest BCUT2D eigenvalue weighted by Gasteiger charge is -2.19. The van der Waals surface area contributed by atoms with E-state index in [2.05, 4.69) is 55.6 Å². The summed E-state index contributed by atoms with van der Waals surface area (Å²) in [7, 11) is 0. The average Bonchev–Trinajstić information content (AvgIpc) is 3.31. The summed E-state index contributed by atoms with van der Waals surface area (Å²) in [6.45, 7) is 4.32. The first-order valence-electron chi connectivity index (χ1n) is 29.4. The summed E-state index contributed by atoms with van der Waals surface area (Å²) in [6, 6.07) is -0.647. The number of carbonyl (C=O) groups is 1. The first-order chi connectivity index (χ1) is 32.2. The predicted molar refractivity (Wildman–Crippen MR) is 290 cm³/mol. The van der Waals surface area contributed by atoms with Crippen LogP contribution >= 0.6 is 0 Å². The number of amides is 1. The Morgan fingerprint density at radius 1 is 0.354 bits per heavy atom. The lowest BCUT2D eigenvalue weighted by atomic mass is 10.0. The van der Waals surface area contributed by atoms with Crippen molar-refractivity contribution in [1.82, 2.24) is 5.32 Å². The number of allylic oxidation sites excluding steroid dienone is 7. The molecule has 0 radical (unpaired) electrons. The van der Waals surface area contributed by atoms with Crippen molar-refractivity contribution in [3.63, 3.8) is 0 Å². The fraction of sp³-hybridized carbons (Fsp3) is 0.852. The molecule has 0 rings (SSSR count). The molecule has 0 spiro atoms. The second-order valence-electron chi connectivity index (χ2n) is 20.0. The van der Waals surface area contributed by atoms with Crippen LogP contribution < -0.4 is 5.32 Å². The molecule has 0 aliphatic carbocycles. The molecule has 2 atom stereocenters. The van der Waals surface area contributed by atoms with E-state index >= 15 is 0 Å². The molecule has 4 nitrogen and oxygen atoms in total. The van der Waals surface area contributed by atoms with E-state index in [1.807, 2.05) is 6.08 Å². The van der Waals surface area contributed by atoms with Crippen LogP contribution in [0.5, 0.6) is 0 Å². The molecule has 0 fully saturated rings. The molecule has 0 heterocycles. The lowest BCUT2D eigenvalue weighted by molar-refractivity contribution is -0.123. The zero-order valence-corrected chi connectivity index (χ0v) is 44.0. The molecule has 0 aliphatic heterocycles. The van der Waals surface area contributed by atoms with E-state index in [4.69, 9.17) is 0 Å². The number of unbranched alkanes of at least 4 members (excludes halogenated alkanes) is 41. The predicted octanol–water partition coefficient (Wildman–Crippen LogP) is 19.4. The summed E-state index contributed by atoms with van der Waals surface area (Å²) < 4.78 is 0. The minimum atomic E-state index is -0.872. The van der Waals surface area contributed by atoms with E-state index in [1.54, 1.807) is 6.08 Å². The molecule has 2 unspecified atom stereocenters. The Hall–Kier alpha value is -1.65. The van der Waals surface area contributed by atoms with Gasteiger partial charge in [-0.2, -0.15) is 0 Å². The van der Waals surface area contributed by atoms with Gasteiger partial charge in [0.15, 0.2) is 0 Å². The first kappa shape index (κ1) is 63.4. The van der Waals surface area contributed by atoms with Crippen molar-refractivity contribution < 1.29 is 15.0 Å². The molecule has 0 aliphatic rings. The van der Waals surface area contributed by atoms with Crippen LogP contribution in [0.3, 0.4) is 0 Å². The number of rotatable bonds is 54. The van der Waals surface area contributed by atoms with Gasteiger partial charge in [0.1, 0.15) is 0 Å². The summed E-state index contributed by atoms with van der Waals surface area (Å²) in [4.78, 5) is 12.5. The van der Waals surface area contributed by atoms with Crippen molar-refractivity contribution in [2.45, 2.75) is 328 Å². The van der Waals surface area contributed by atoms with Gasteiger partial charge in [0.25, 0.3) is 0 Å². The van der Waals surface area contributed by atoms with Gasteiger partial charge in [0.05, 0.1) is 18.8 Å². The van der Waals surface area contributed by atoms with Crippen LogP contribution in [0.25, 0.3) is 0 Å². The maximum Gasteiger partial charge on any atom is 0.220 e. The Balaban J connectivity index is 3.54. The summed E-state index contributed by atoms with van der Waals surface area (Å²) in [6.07, 6.45) is 78.6. The topological polar surface area (TPSA) is 69.6 Å². The number of hydrogen-bond donors (Lipinski definition) is 3. The molecule has 382 valence electrons. The Bertz CT molecular complexity index is 1030. The smallest absolute Gasteiger partial charge is 0.220 e. The van der Waals surface area contributed by atoms with Crippen molar-refractivity contribution in [1.29, 1.82) is 0 Å². The van der Waals surface area contributed by atoms with Crippen molar-refractivity contribution in [3.05, 3.63) is 48.6 Å². The summed E-state index contributed by atoms with van der Waals surface area (Å²) in [5.41, 5.74) is 0. The monoisotopic (exact) mass is 910 g/mol. The van der Waals surface area contributed by atoms with E-state index in [9.17, 15) is 15.0 Å². The fourth-order valence-corrected chi connectivity index (χ4v) is 9.03. The minimum Gasteiger partial charge on any atom is -0.394 e. The Morgan fingerprint density at radius 2 is 0.600 bits per heavy atom. The van der Waals surface area contributed by atoms with Gasteiger partial charge in [-0.25, -0.2) is 0 Å². The third kappa shape index (κ3) is 53.2. The standard InChI is InChI=1S/C61H115NO3/c1-3-5-7-9-11-13-15-17-19-21-23-25-27-29-30-31-33-34-36-38-40-42-44-46-48-50-52-54-56-60(64)59(58-63)62-61(65)57-55-53-51-49-47-45-43-41-39-37-35-32-28-26-24-22-20-18-16-14-12-10-8-6-4-2/h22,24,38,40,46,48,54,56,59-60,63-64H,3-21,23,25-37,39,41-45,47,49-53,55,57-58H2,1-2H3,(H,62,65)/b24-22-,40-38+,48-46+,56-54+. The van der Waals surface area contributed by atoms with Crippen LogP contribution in [0.2, 0.25) is 0 Å². The van der Waals surface area contributed by atoms with Gasteiger partial charge in [-0.15, -0.1) is 0 Å². The van der Waals surface area contributed by atoms with Gasteiger partial charge < -0.3 is 15.5 Å². The van der Waals surface area contributed by atoms with Gasteiger partial charge in [-0.05, 0) is 70.6 Å². The van der Waals surface area contributed by atoms with E-state index in [0.717, 1.165) is 38.5 Å². The molecule has 0 aromatic carbocycles. The maximum atomic E-state index is 12.5. The van der Waals surface area contributed by atoms with E-state index in [1.165, 1.54) is 257 Å².